The number of carbonyl (C=O) groups excluding carboxylic acids is 1. The van der Waals surface area contributed by atoms with Gasteiger partial charge in [0.05, 0.1) is 12.1 Å². The maximum Gasteiger partial charge on any atom is 0.242 e. The van der Waals surface area contributed by atoms with Crippen LogP contribution in [-0.4, -0.2) is 80.4 Å². The third kappa shape index (κ3) is 3.49. The Morgan fingerprint density at radius 1 is 1.40 bits per heavy atom. The number of methoxy groups -OCH3 is 1. The van der Waals surface area contributed by atoms with E-state index < -0.39 is 5.54 Å². The Balaban J connectivity index is 1.89. The van der Waals surface area contributed by atoms with E-state index in [2.05, 4.69) is 11.8 Å². The number of ether oxygens (including phenoxy) is 2. The Hall–Kier alpha value is -0.690. The van der Waals surface area contributed by atoms with Gasteiger partial charge in [-0.2, -0.15) is 0 Å². The van der Waals surface area contributed by atoms with Crippen LogP contribution in [-0.2, 0) is 14.3 Å². The number of nitrogens with zero attached hydrogens (tertiary/aromatic N) is 2. The molecule has 2 rings (SSSR count). The molecule has 1 atom stereocenters. The van der Waals surface area contributed by atoms with E-state index in [-0.39, 0.29) is 5.91 Å². The molecule has 0 aromatic rings. The van der Waals surface area contributed by atoms with Crippen molar-refractivity contribution in [2.45, 2.75) is 31.3 Å². The fraction of sp³-hybridized carbons (Fsp3) is 0.929. The average Bonchev–Trinajstić information content (AvgIpc) is 2.46. The number of piperazine rings is 1. The van der Waals surface area contributed by atoms with Gasteiger partial charge in [0.25, 0.3) is 0 Å². The summed E-state index contributed by atoms with van der Waals surface area (Å²) in [7, 11) is 1.72. The van der Waals surface area contributed by atoms with Gasteiger partial charge in [0, 0.05) is 52.5 Å². The maximum absolute atomic E-state index is 12.6. The van der Waals surface area contributed by atoms with Gasteiger partial charge in [-0.15, -0.1) is 0 Å². The molecule has 0 aromatic carbocycles. The molecule has 1 unspecified atom stereocenters. The molecule has 0 spiro atoms. The zero-order chi connectivity index (χ0) is 14.6. The molecule has 1 amide bonds. The molecule has 6 heteroatoms. The molecule has 2 saturated heterocycles. The van der Waals surface area contributed by atoms with Gasteiger partial charge < -0.3 is 20.1 Å². The number of amides is 1. The fourth-order valence-corrected chi connectivity index (χ4v) is 2.98. The van der Waals surface area contributed by atoms with Crippen molar-refractivity contribution in [3.8, 4) is 0 Å². The van der Waals surface area contributed by atoms with Crippen LogP contribution in [0.2, 0.25) is 0 Å². The zero-order valence-corrected chi connectivity index (χ0v) is 12.6. The van der Waals surface area contributed by atoms with Gasteiger partial charge in [-0.25, -0.2) is 0 Å². The van der Waals surface area contributed by atoms with Crippen LogP contribution in [0.3, 0.4) is 0 Å². The average molecular weight is 285 g/mol. The van der Waals surface area contributed by atoms with Crippen molar-refractivity contribution >= 4 is 5.91 Å². The van der Waals surface area contributed by atoms with Crippen molar-refractivity contribution < 1.29 is 14.3 Å². The Morgan fingerprint density at radius 3 is 2.70 bits per heavy atom. The molecule has 2 aliphatic heterocycles. The first kappa shape index (κ1) is 15.7. The molecular weight excluding hydrogens is 258 g/mol. The highest BCUT2D eigenvalue weighted by molar-refractivity contribution is 5.86. The van der Waals surface area contributed by atoms with Crippen LogP contribution in [0.25, 0.3) is 0 Å². The van der Waals surface area contributed by atoms with E-state index in [0.717, 1.165) is 32.8 Å². The zero-order valence-electron chi connectivity index (χ0n) is 12.6. The van der Waals surface area contributed by atoms with Gasteiger partial charge in [0.2, 0.25) is 5.91 Å². The number of hydrogen-bond acceptors (Lipinski definition) is 5. The van der Waals surface area contributed by atoms with E-state index in [1.165, 1.54) is 0 Å². The molecule has 6 nitrogen and oxygen atoms in total. The third-order valence-electron chi connectivity index (χ3n) is 4.45. The molecular formula is C14H27N3O3. The lowest BCUT2D eigenvalue weighted by Crippen LogP contribution is -2.63. The Kier molecular flexibility index (Phi) is 5.37. The number of nitrogens with two attached hydrogens (primary N) is 1. The Labute approximate surface area is 121 Å². The largest absolute Gasteiger partial charge is 0.383 e. The van der Waals surface area contributed by atoms with Crippen molar-refractivity contribution in [2.24, 2.45) is 5.73 Å². The second-order valence-electron chi connectivity index (χ2n) is 5.90. The molecule has 0 aliphatic carbocycles. The molecule has 2 N–H and O–H groups in total. The number of rotatable bonds is 4. The molecule has 0 aromatic heterocycles. The second kappa shape index (κ2) is 6.85. The normalized spacial score (nSPS) is 27.6. The summed E-state index contributed by atoms with van der Waals surface area (Å²) in [6.45, 7) is 7.38. The van der Waals surface area contributed by atoms with Crippen LogP contribution < -0.4 is 5.73 Å². The van der Waals surface area contributed by atoms with E-state index in [9.17, 15) is 4.79 Å². The van der Waals surface area contributed by atoms with Crippen LogP contribution in [0.1, 0.15) is 19.8 Å². The summed E-state index contributed by atoms with van der Waals surface area (Å²) < 4.78 is 10.4. The van der Waals surface area contributed by atoms with Crippen molar-refractivity contribution in [3.05, 3.63) is 0 Å². The van der Waals surface area contributed by atoms with Gasteiger partial charge in [-0.3, -0.25) is 9.69 Å². The summed E-state index contributed by atoms with van der Waals surface area (Å²) in [6.07, 6.45) is 1.26. The van der Waals surface area contributed by atoms with Crippen LogP contribution in [0.4, 0.5) is 0 Å². The molecule has 0 saturated carbocycles. The summed E-state index contributed by atoms with van der Waals surface area (Å²) in [5.74, 6) is 0.0963. The summed E-state index contributed by atoms with van der Waals surface area (Å²) >= 11 is 0. The van der Waals surface area contributed by atoms with Crippen molar-refractivity contribution in [1.82, 2.24) is 9.80 Å². The molecule has 20 heavy (non-hydrogen) atoms. The molecule has 0 bridgehead atoms. The van der Waals surface area contributed by atoms with Gasteiger partial charge in [-0.1, -0.05) is 0 Å². The minimum absolute atomic E-state index is 0.0963. The quantitative estimate of drug-likeness (QED) is 0.766. The molecule has 116 valence electrons. The van der Waals surface area contributed by atoms with E-state index in [4.69, 9.17) is 15.2 Å². The first-order valence-corrected chi connectivity index (χ1v) is 7.46. The van der Waals surface area contributed by atoms with Crippen molar-refractivity contribution in [2.75, 3.05) is 53.1 Å². The smallest absolute Gasteiger partial charge is 0.242 e. The van der Waals surface area contributed by atoms with Crippen LogP contribution >= 0.6 is 0 Å². The number of hydrogen-bond donors (Lipinski definition) is 1. The third-order valence-corrected chi connectivity index (χ3v) is 4.45. The molecule has 2 fully saturated rings. The highest BCUT2D eigenvalue weighted by Crippen LogP contribution is 2.22. The van der Waals surface area contributed by atoms with Gasteiger partial charge >= 0.3 is 0 Å². The van der Waals surface area contributed by atoms with Gasteiger partial charge in [0.1, 0.15) is 0 Å². The van der Waals surface area contributed by atoms with E-state index >= 15 is 0 Å². The Morgan fingerprint density at radius 2 is 2.10 bits per heavy atom. The first-order valence-electron chi connectivity index (χ1n) is 7.46. The highest BCUT2D eigenvalue weighted by Gasteiger charge is 2.40. The van der Waals surface area contributed by atoms with E-state index in [1.54, 1.807) is 7.11 Å². The predicted octanol–water partition coefficient (Wildman–Crippen LogP) is -0.327. The van der Waals surface area contributed by atoms with Crippen molar-refractivity contribution in [1.29, 1.82) is 0 Å². The lowest BCUT2D eigenvalue weighted by atomic mass is 9.89. The van der Waals surface area contributed by atoms with E-state index in [0.29, 0.717) is 32.1 Å². The standard InChI is InChI=1S/C14H27N3O3/c1-12-11-17(6-5-16(12)7-10-19-2)13(18)14(15)3-8-20-9-4-14/h12H,3-11,15H2,1-2H3. The summed E-state index contributed by atoms with van der Waals surface area (Å²) in [4.78, 5) is 16.9. The van der Waals surface area contributed by atoms with Crippen LogP contribution in [0.15, 0.2) is 0 Å². The van der Waals surface area contributed by atoms with Crippen molar-refractivity contribution in [3.63, 3.8) is 0 Å². The van der Waals surface area contributed by atoms with E-state index in [1.807, 2.05) is 4.90 Å². The SMILES string of the molecule is COCCN1CCN(C(=O)C2(N)CCOCC2)CC1C. The molecule has 2 aliphatic rings. The molecule has 2 heterocycles. The lowest BCUT2D eigenvalue weighted by molar-refractivity contribution is -0.143. The van der Waals surface area contributed by atoms with Gasteiger partial charge in [-0.05, 0) is 19.8 Å². The topological polar surface area (TPSA) is 68.0 Å². The second-order valence-corrected chi connectivity index (χ2v) is 5.90. The van der Waals surface area contributed by atoms with Crippen LogP contribution in [0.5, 0.6) is 0 Å². The predicted molar refractivity (Wildman–Crippen MR) is 76.5 cm³/mol. The number of carbonyl (C=O) groups is 1. The summed E-state index contributed by atoms with van der Waals surface area (Å²) in [5, 5.41) is 0. The summed E-state index contributed by atoms with van der Waals surface area (Å²) in [5.41, 5.74) is 5.57. The minimum Gasteiger partial charge on any atom is -0.383 e. The minimum atomic E-state index is -0.716. The fourth-order valence-electron chi connectivity index (χ4n) is 2.98. The summed E-state index contributed by atoms with van der Waals surface area (Å²) in [6, 6.07) is 0.353. The first-order chi connectivity index (χ1) is 9.57. The molecule has 0 radical (unpaired) electrons. The van der Waals surface area contributed by atoms with Gasteiger partial charge in [0.15, 0.2) is 0 Å². The lowest BCUT2D eigenvalue weighted by Gasteiger charge is -2.43. The van der Waals surface area contributed by atoms with Crippen LogP contribution in [0, 0.1) is 0 Å². The monoisotopic (exact) mass is 285 g/mol. The highest BCUT2D eigenvalue weighted by atomic mass is 16.5. The maximum atomic E-state index is 12.6. The Bertz CT molecular complexity index is 332.